The van der Waals surface area contributed by atoms with E-state index in [0.29, 0.717) is 33.2 Å². The van der Waals surface area contributed by atoms with E-state index >= 15 is 0 Å². The van der Waals surface area contributed by atoms with E-state index < -0.39 is 6.10 Å². The number of anilines is 2. The molecule has 1 saturated heterocycles. The van der Waals surface area contributed by atoms with Crippen LogP contribution in [0.2, 0.25) is 5.02 Å². The van der Waals surface area contributed by atoms with Crippen molar-refractivity contribution in [2.24, 2.45) is 0 Å². The van der Waals surface area contributed by atoms with E-state index in [-0.39, 0.29) is 12.1 Å². The van der Waals surface area contributed by atoms with Crippen molar-refractivity contribution >= 4 is 44.9 Å². The predicted octanol–water partition coefficient (Wildman–Crippen LogP) is 4.59. The van der Waals surface area contributed by atoms with Crippen molar-refractivity contribution in [2.75, 3.05) is 42.9 Å². The number of aliphatic hydroxyl groups excluding tert-OH is 1. The molecule has 6 rings (SSSR count). The number of pyridine rings is 1. The van der Waals surface area contributed by atoms with Crippen LogP contribution >= 0.6 is 11.6 Å². The minimum absolute atomic E-state index is 0.188. The molecule has 1 aliphatic heterocycles. The molecule has 5 N–H and O–H groups in total. The Labute approximate surface area is 224 Å². The summed E-state index contributed by atoms with van der Waals surface area (Å²) >= 11 is 6.13. The molecule has 0 radical (unpaired) electrons. The predicted molar refractivity (Wildman–Crippen MR) is 154 cm³/mol. The lowest BCUT2D eigenvalue weighted by molar-refractivity contribution is 0.191. The highest BCUT2D eigenvalue weighted by molar-refractivity contribution is 6.30. The molecule has 8 nitrogen and oxygen atoms in total. The average Bonchev–Trinajstić information content (AvgIpc) is 3.36. The average molecular weight is 529 g/mol. The first-order chi connectivity index (χ1) is 18.5. The summed E-state index contributed by atoms with van der Waals surface area (Å²) < 4.78 is 0. The van der Waals surface area contributed by atoms with Crippen molar-refractivity contribution in [3.63, 3.8) is 0 Å². The number of imidazole rings is 1. The molecule has 0 aliphatic carbocycles. The van der Waals surface area contributed by atoms with Crippen LogP contribution < -0.4 is 21.1 Å². The van der Waals surface area contributed by atoms with Crippen LogP contribution in [0.1, 0.15) is 17.2 Å². The fourth-order valence-electron chi connectivity index (χ4n) is 5.18. The molecule has 1 fully saturated rings. The van der Waals surface area contributed by atoms with E-state index in [4.69, 9.17) is 16.6 Å². The Morgan fingerprint density at radius 3 is 2.68 bits per heavy atom. The number of para-hydroxylation sites is 1. The van der Waals surface area contributed by atoms with Crippen molar-refractivity contribution in [3.8, 4) is 11.4 Å². The quantitative estimate of drug-likeness (QED) is 0.220. The van der Waals surface area contributed by atoms with Gasteiger partial charge in [0.2, 0.25) is 0 Å². The maximum absolute atomic E-state index is 13.4. The number of halogens is 1. The van der Waals surface area contributed by atoms with Gasteiger partial charge in [0.05, 0.1) is 28.3 Å². The highest BCUT2D eigenvalue weighted by Gasteiger charge is 2.21. The van der Waals surface area contributed by atoms with Gasteiger partial charge in [-0.2, -0.15) is 0 Å². The highest BCUT2D eigenvalue weighted by Crippen LogP contribution is 2.33. The number of piperazine rings is 1. The summed E-state index contributed by atoms with van der Waals surface area (Å²) in [5.41, 5.74) is 6.05. The normalized spacial score (nSPS) is 14.8. The topological polar surface area (TPSA) is 109 Å². The number of hydrogen-bond acceptors (Lipinski definition) is 6. The first-order valence-corrected chi connectivity index (χ1v) is 13.1. The number of nitrogens with zero attached hydrogens (tertiary/aromatic N) is 2. The van der Waals surface area contributed by atoms with E-state index in [1.54, 1.807) is 18.2 Å². The zero-order valence-electron chi connectivity index (χ0n) is 21.0. The zero-order chi connectivity index (χ0) is 26.2. The van der Waals surface area contributed by atoms with Crippen LogP contribution in [0.15, 0.2) is 65.5 Å². The Hall–Kier alpha value is -3.85. The Morgan fingerprint density at radius 2 is 1.87 bits per heavy atom. The van der Waals surface area contributed by atoms with Gasteiger partial charge in [0.15, 0.2) is 0 Å². The van der Waals surface area contributed by atoms with Crippen molar-refractivity contribution in [2.45, 2.75) is 13.0 Å². The number of rotatable bonds is 6. The lowest BCUT2D eigenvalue weighted by Crippen LogP contribution is -2.43. The second-order valence-corrected chi connectivity index (χ2v) is 10.1. The molecular formula is C29H29ClN6O2. The largest absolute Gasteiger partial charge is 0.387 e. The van der Waals surface area contributed by atoms with Gasteiger partial charge in [0.1, 0.15) is 11.4 Å². The molecule has 9 heteroatoms. The second-order valence-electron chi connectivity index (χ2n) is 9.68. The van der Waals surface area contributed by atoms with Crippen molar-refractivity contribution in [3.05, 3.63) is 87.2 Å². The van der Waals surface area contributed by atoms with Crippen LogP contribution in [0.25, 0.3) is 33.3 Å². The van der Waals surface area contributed by atoms with Gasteiger partial charge in [-0.05, 0) is 48.4 Å². The van der Waals surface area contributed by atoms with Crippen molar-refractivity contribution < 1.29 is 5.11 Å². The zero-order valence-corrected chi connectivity index (χ0v) is 21.8. The lowest BCUT2D eigenvalue weighted by Gasteiger charge is -2.29. The SMILES string of the molecule is Cc1cc(N2CCNCC2)cc2[nH]c(-c3c(NC[C@@H](O)c4cccc(Cl)c4)c4ccccc4[nH]c3=O)nc12. The molecule has 0 bridgehead atoms. The van der Waals surface area contributed by atoms with Crippen molar-refractivity contribution in [1.29, 1.82) is 0 Å². The first-order valence-electron chi connectivity index (χ1n) is 12.8. The Bertz CT molecular complexity index is 1690. The van der Waals surface area contributed by atoms with Gasteiger partial charge in [-0.15, -0.1) is 0 Å². The number of hydrogen-bond donors (Lipinski definition) is 5. The van der Waals surface area contributed by atoms with E-state index in [2.05, 4.69) is 37.6 Å². The van der Waals surface area contributed by atoms with E-state index in [9.17, 15) is 9.90 Å². The molecule has 1 atom stereocenters. The van der Waals surface area contributed by atoms with Gasteiger partial charge in [-0.1, -0.05) is 41.9 Å². The molecule has 1 aliphatic rings. The number of fused-ring (bicyclic) bond motifs is 2. The number of H-pyrrole nitrogens is 2. The van der Waals surface area contributed by atoms with Gasteiger partial charge in [0.25, 0.3) is 5.56 Å². The molecule has 3 heterocycles. The molecule has 5 aromatic rings. The third kappa shape index (κ3) is 4.62. The van der Waals surface area contributed by atoms with Gasteiger partial charge < -0.3 is 30.6 Å². The molecular weight excluding hydrogens is 500 g/mol. The summed E-state index contributed by atoms with van der Waals surface area (Å²) in [6.45, 7) is 6.03. The fraction of sp³-hybridized carbons (Fsp3) is 0.241. The van der Waals surface area contributed by atoms with Crippen LogP contribution in [0.5, 0.6) is 0 Å². The van der Waals surface area contributed by atoms with Gasteiger partial charge in [0, 0.05) is 48.8 Å². The number of aromatic amines is 2. The monoisotopic (exact) mass is 528 g/mol. The maximum atomic E-state index is 13.4. The summed E-state index contributed by atoms with van der Waals surface area (Å²) in [7, 11) is 0. The van der Waals surface area contributed by atoms with E-state index in [1.807, 2.05) is 37.3 Å². The molecule has 0 amide bonds. The van der Waals surface area contributed by atoms with Gasteiger partial charge >= 0.3 is 0 Å². The van der Waals surface area contributed by atoms with Gasteiger partial charge in [-0.3, -0.25) is 4.79 Å². The Morgan fingerprint density at radius 1 is 1.05 bits per heavy atom. The number of aromatic nitrogens is 3. The van der Waals surface area contributed by atoms with Crippen molar-refractivity contribution in [1.82, 2.24) is 20.3 Å². The minimum Gasteiger partial charge on any atom is -0.387 e. The minimum atomic E-state index is -0.820. The molecule has 3 aromatic carbocycles. The van der Waals surface area contributed by atoms with Crippen LogP contribution in [0.4, 0.5) is 11.4 Å². The fourth-order valence-corrected chi connectivity index (χ4v) is 5.38. The number of benzene rings is 3. The summed E-state index contributed by atoms with van der Waals surface area (Å²) in [4.78, 5) is 27.1. The molecule has 0 spiro atoms. The maximum Gasteiger partial charge on any atom is 0.261 e. The van der Waals surface area contributed by atoms with Crippen LogP contribution in [0, 0.1) is 6.92 Å². The first kappa shape index (κ1) is 24.5. The Kier molecular flexibility index (Phi) is 6.53. The second kappa shape index (κ2) is 10.1. The van der Waals surface area contributed by atoms with E-state index in [1.165, 1.54) is 0 Å². The smallest absolute Gasteiger partial charge is 0.261 e. The number of aryl methyl sites for hydroxylation is 1. The van der Waals surface area contributed by atoms with Gasteiger partial charge in [-0.25, -0.2) is 4.98 Å². The number of nitrogens with one attached hydrogen (secondary N) is 4. The standard InChI is InChI=1S/C29H29ClN6O2/c1-17-13-20(36-11-9-31-10-12-36)15-23-26(17)35-28(33-23)25-27(21-7-2-3-8-22(21)34-29(25)38)32-16-24(37)18-5-4-6-19(30)14-18/h2-8,13-15,24,31,37H,9-12,16H2,1H3,(H,33,35)(H2,32,34,38)/t24-/m1/s1. The third-order valence-electron chi connectivity index (χ3n) is 7.11. The Balaban J connectivity index is 1.43. The summed E-state index contributed by atoms with van der Waals surface area (Å²) in [6, 6.07) is 19.0. The number of aliphatic hydroxyl groups is 1. The molecule has 2 aromatic heterocycles. The van der Waals surface area contributed by atoms with E-state index in [0.717, 1.165) is 53.8 Å². The summed E-state index contributed by atoms with van der Waals surface area (Å²) in [5.74, 6) is 0.479. The molecule has 0 saturated carbocycles. The molecule has 194 valence electrons. The van der Waals surface area contributed by atoms with Crippen LogP contribution in [-0.2, 0) is 0 Å². The molecule has 38 heavy (non-hydrogen) atoms. The van der Waals surface area contributed by atoms with Crippen LogP contribution in [0.3, 0.4) is 0 Å². The third-order valence-corrected chi connectivity index (χ3v) is 7.34. The lowest BCUT2D eigenvalue weighted by atomic mass is 10.1. The summed E-state index contributed by atoms with van der Waals surface area (Å²) in [5, 5.41) is 19.0. The van der Waals surface area contributed by atoms with Crippen LogP contribution in [-0.4, -0.2) is 52.8 Å². The summed E-state index contributed by atoms with van der Waals surface area (Å²) in [6.07, 6.45) is -0.820. The molecule has 0 unspecified atom stereocenters. The highest BCUT2D eigenvalue weighted by atomic mass is 35.5.